The summed E-state index contributed by atoms with van der Waals surface area (Å²) in [6.07, 6.45) is 0. The van der Waals surface area contributed by atoms with Crippen molar-refractivity contribution < 1.29 is 24.4 Å². The number of hydrogen-bond donors (Lipinski definition) is 2. The third kappa shape index (κ3) is 4.43. The lowest BCUT2D eigenvalue weighted by molar-refractivity contribution is -0.383. The Kier molecular flexibility index (Phi) is 5.33. The Balaban J connectivity index is 2.00. The Bertz CT molecular complexity index is 808. The fourth-order valence-electron chi connectivity index (χ4n) is 1.80. The summed E-state index contributed by atoms with van der Waals surface area (Å²) in [6.45, 7) is -0.655. The first-order chi connectivity index (χ1) is 11.4. The van der Waals surface area contributed by atoms with Crippen molar-refractivity contribution in [2.45, 2.75) is 0 Å². The number of nitro groups is 1. The normalized spacial score (nSPS) is 10.0. The van der Waals surface area contributed by atoms with E-state index in [0.29, 0.717) is 0 Å². The standard InChI is InChI=1S/C15H11ClN2O6/c16-10-4-5-13(18(22)23)12(7-10)17-14(20)8-24-15(21)9-2-1-3-11(19)6-9/h1-7,19H,8H2,(H,17,20). The number of phenolic OH excluding ortho intramolecular Hbond substituents is 1. The maximum atomic E-state index is 11.8. The van der Waals surface area contributed by atoms with Gasteiger partial charge in [0.2, 0.25) is 0 Å². The van der Waals surface area contributed by atoms with E-state index >= 15 is 0 Å². The molecule has 0 heterocycles. The summed E-state index contributed by atoms with van der Waals surface area (Å²) in [4.78, 5) is 33.8. The highest BCUT2D eigenvalue weighted by Gasteiger charge is 2.17. The smallest absolute Gasteiger partial charge is 0.338 e. The van der Waals surface area contributed by atoms with Gasteiger partial charge in [-0.15, -0.1) is 0 Å². The molecule has 0 radical (unpaired) electrons. The molecule has 0 aromatic heterocycles. The predicted molar refractivity (Wildman–Crippen MR) is 85.1 cm³/mol. The van der Waals surface area contributed by atoms with Gasteiger partial charge in [0.1, 0.15) is 11.4 Å². The van der Waals surface area contributed by atoms with Gasteiger partial charge in [-0.3, -0.25) is 14.9 Å². The number of esters is 1. The van der Waals surface area contributed by atoms with Gasteiger partial charge >= 0.3 is 5.97 Å². The van der Waals surface area contributed by atoms with Crippen molar-refractivity contribution in [1.82, 2.24) is 0 Å². The fraction of sp³-hybridized carbons (Fsp3) is 0.0667. The maximum absolute atomic E-state index is 11.8. The second kappa shape index (κ2) is 7.42. The van der Waals surface area contributed by atoms with E-state index in [2.05, 4.69) is 5.32 Å². The maximum Gasteiger partial charge on any atom is 0.338 e. The lowest BCUT2D eigenvalue weighted by Crippen LogP contribution is -2.21. The first kappa shape index (κ1) is 17.2. The van der Waals surface area contributed by atoms with E-state index in [1.807, 2.05) is 0 Å². The van der Waals surface area contributed by atoms with Gasteiger partial charge in [0.15, 0.2) is 6.61 Å². The second-order valence-corrected chi connectivity index (χ2v) is 5.03. The van der Waals surface area contributed by atoms with Crippen molar-refractivity contribution in [3.05, 3.63) is 63.2 Å². The Labute approximate surface area is 140 Å². The molecule has 0 saturated heterocycles. The molecule has 24 heavy (non-hydrogen) atoms. The number of nitro benzene ring substituents is 1. The Morgan fingerprint density at radius 2 is 2.00 bits per heavy atom. The van der Waals surface area contributed by atoms with Crippen LogP contribution in [0, 0.1) is 10.1 Å². The molecule has 0 aliphatic carbocycles. The summed E-state index contributed by atoms with van der Waals surface area (Å²) in [5.74, 6) is -1.71. The van der Waals surface area contributed by atoms with Crippen molar-refractivity contribution in [3.63, 3.8) is 0 Å². The van der Waals surface area contributed by atoms with Crippen LogP contribution >= 0.6 is 11.6 Å². The van der Waals surface area contributed by atoms with Crippen LogP contribution < -0.4 is 5.32 Å². The number of nitrogens with zero attached hydrogens (tertiary/aromatic N) is 1. The zero-order chi connectivity index (χ0) is 17.7. The van der Waals surface area contributed by atoms with Gasteiger partial charge in [0, 0.05) is 11.1 Å². The molecular weight excluding hydrogens is 340 g/mol. The van der Waals surface area contributed by atoms with Gasteiger partial charge in [-0.2, -0.15) is 0 Å². The summed E-state index contributed by atoms with van der Waals surface area (Å²) in [5, 5.41) is 22.6. The summed E-state index contributed by atoms with van der Waals surface area (Å²) in [5.41, 5.74) is -0.380. The van der Waals surface area contributed by atoms with Gasteiger partial charge in [-0.25, -0.2) is 4.79 Å². The van der Waals surface area contributed by atoms with Gasteiger partial charge in [-0.1, -0.05) is 17.7 Å². The third-order valence-electron chi connectivity index (χ3n) is 2.85. The number of nitrogens with one attached hydrogen (secondary N) is 1. The highest BCUT2D eigenvalue weighted by molar-refractivity contribution is 6.31. The molecule has 0 saturated carbocycles. The number of carbonyl (C=O) groups is 2. The Morgan fingerprint density at radius 1 is 1.25 bits per heavy atom. The molecule has 2 aromatic rings. The van der Waals surface area contributed by atoms with Crippen molar-refractivity contribution >= 4 is 34.9 Å². The van der Waals surface area contributed by atoms with Crippen LogP contribution in [0.3, 0.4) is 0 Å². The average Bonchev–Trinajstić information content (AvgIpc) is 2.52. The van der Waals surface area contributed by atoms with E-state index in [0.717, 1.165) is 6.07 Å². The summed E-state index contributed by atoms with van der Waals surface area (Å²) in [6, 6.07) is 9.09. The first-order valence-electron chi connectivity index (χ1n) is 6.57. The van der Waals surface area contributed by atoms with E-state index in [1.54, 1.807) is 0 Å². The van der Waals surface area contributed by atoms with Crippen molar-refractivity contribution in [3.8, 4) is 5.75 Å². The largest absolute Gasteiger partial charge is 0.508 e. The number of ether oxygens (including phenoxy) is 1. The molecule has 2 aromatic carbocycles. The van der Waals surface area contributed by atoms with Gasteiger partial charge in [-0.05, 0) is 30.3 Å². The molecule has 2 N–H and O–H groups in total. The van der Waals surface area contributed by atoms with E-state index < -0.39 is 23.4 Å². The highest BCUT2D eigenvalue weighted by Crippen LogP contribution is 2.27. The van der Waals surface area contributed by atoms with Gasteiger partial charge in [0.25, 0.3) is 11.6 Å². The number of hydrogen-bond acceptors (Lipinski definition) is 6. The minimum Gasteiger partial charge on any atom is -0.508 e. The molecule has 0 bridgehead atoms. The number of benzene rings is 2. The van der Waals surface area contributed by atoms with Crippen molar-refractivity contribution in [2.24, 2.45) is 0 Å². The minimum absolute atomic E-state index is 0.0662. The molecule has 9 heteroatoms. The van der Waals surface area contributed by atoms with E-state index in [-0.39, 0.29) is 27.7 Å². The molecule has 124 valence electrons. The fourth-order valence-corrected chi connectivity index (χ4v) is 1.97. The number of amides is 1. The quantitative estimate of drug-likeness (QED) is 0.486. The predicted octanol–water partition coefficient (Wildman–Crippen LogP) is 2.75. The Hall–Kier alpha value is -3.13. The highest BCUT2D eigenvalue weighted by atomic mass is 35.5. The molecular formula is C15H11ClN2O6. The number of carbonyl (C=O) groups excluding carboxylic acids is 2. The zero-order valence-corrected chi connectivity index (χ0v) is 12.8. The zero-order valence-electron chi connectivity index (χ0n) is 12.1. The molecule has 0 fully saturated rings. The number of rotatable bonds is 5. The van der Waals surface area contributed by atoms with Crippen molar-refractivity contribution in [1.29, 1.82) is 0 Å². The number of halogens is 1. The molecule has 0 aliphatic rings. The van der Waals surface area contributed by atoms with E-state index in [9.17, 15) is 24.8 Å². The molecule has 0 unspecified atom stereocenters. The lowest BCUT2D eigenvalue weighted by Gasteiger charge is -2.07. The van der Waals surface area contributed by atoms with Crippen LogP contribution in [-0.4, -0.2) is 28.5 Å². The minimum atomic E-state index is -0.818. The summed E-state index contributed by atoms with van der Waals surface area (Å²) in [7, 11) is 0. The monoisotopic (exact) mass is 350 g/mol. The van der Waals surface area contributed by atoms with E-state index in [1.165, 1.54) is 36.4 Å². The van der Waals surface area contributed by atoms with Crippen LogP contribution in [0.5, 0.6) is 5.75 Å². The van der Waals surface area contributed by atoms with Crippen LogP contribution in [0.25, 0.3) is 0 Å². The first-order valence-corrected chi connectivity index (χ1v) is 6.94. The van der Waals surface area contributed by atoms with Crippen LogP contribution in [0.4, 0.5) is 11.4 Å². The number of aromatic hydroxyl groups is 1. The van der Waals surface area contributed by atoms with Gasteiger partial charge < -0.3 is 15.2 Å². The summed E-state index contributed by atoms with van der Waals surface area (Å²) < 4.78 is 4.78. The Morgan fingerprint density at radius 3 is 2.67 bits per heavy atom. The molecule has 0 aliphatic heterocycles. The van der Waals surface area contributed by atoms with Gasteiger partial charge in [0.05, 0.1) is 10.5 Å². The topological polar surface area (TPSA) is 119 Å². The molecule has 0 spiro atoms. The van der Waals surface area contributed by atoms with E-state index in [4.69, 9.17) is 16.3 Å². The van der Waals surface area contributed by atoms with Crippen molar-refractivity contribution in [2.75, 3.05) is 11.9 Å². The number of anilines is 1. The average molecular weight is 351 g/mol. The van der Waals surface area contributed by atoms with Crippen LogP contribution in [0.1, 0.15) is 10.4 Å². The SMILES string of the molecule is O=C(COC(=O)c1cccc(O)c1)Nc1cc(Cl)ccc1[N+](=O)[O-]. The van der Waals surface area contributed by atoms with Crippen LogP contribution in [0.2, 0.25) is 5.02 Å². The third-order valence-corrected chi connectivity index (χ3v) is 3.08. The van der Waals surface area contributed by atoms with Crippen LogP contribution in [-0.2, 0) is 9.53 Å². The lowest BCUT2D eigenvalue weighted by atomic mass is 10.2. The summed E-state index contributed by atoms with van der Waals surface area (Å²) >= 11 is 5.74. The van der Waals surface area contributed by atoms with Crippen LogP contribution in [0.15, 0.2) is 42.5 Å². The second-order valence-electron chi connectivity index (χ2n) is 4.59. The molecule has 1 amide bonds. The molecule has 8 nitrogen and oxygen atoms in total. The molecule has 2 rings (SSSR count). The molecule has 0 atom stereocenters. The number of phenols is 1.